The molecule has 0 radical (unpaired) electrons. The molecule has 9 nitrogen and oxygen atoms in total. The number of ether oxygens (including phenoxy) is 1. The Kier molecular flexibility index (Phi) is 6.60. The van der Waals surface area contributed by atoms with E-state index < -0.39 is 22.8 Å². The van der Waals surface area contributed by atoms with Crippen LogP contribution in [0.2, 0.25) is 5.02 Å². The van der Waals surface area contributed by atoms with Crippen LogP contribution in [0.3, 0.4) is 0 Å². The Morgan fingerprint density at radius 3 is 2.47 bits per heavy atom. The van der Waals surface area contributed by atoms with Crippen molar-refractivity contribution in [3.63, 3.8) is 0 Å². The number of benzene rings is 2. The number of nitrogens with zero attached hydrogens (tertiary/aromatic N) is 3. The third-order valence-corrected chi connectivity index (χ3v) is 5.30. The maximum atomic E-state index is 14.5. The first-order valence-electron chi connectivity index (χ1n) is 10.1. The average Bonchev–Trinajstić information content (AvgIpc) is 2.83. The zero-order chi connectivity index (χ0) is 24.2. The van der Waals surface area contributed by atoms with E-state index in [-0.39, 0.29) is 35.2 Å². The number of halogens is 2. The maximum Gasteiger partial charge on any atom is 0.355 e. The van der Waals surface area contributed by atoms with Gasteiger partial charge in [-0.15, -0.1) is 0 Å². The fourth-order valence-electron chi connectivity index (χ4n) is 3.29. The van der Waals surface area contributed by atoms with Gasteiger partial charge in [-0.1, -0.05) is 17.7 Å². The van der Waals surface area contributed by atoms with Gasteiger partial charge in [0.2, 0.25) is 5.95 Å². The van der Waals surface area contributed by atoms with Gasteiger partial charge in [0.25, 0.3) is 5.56 Å². The van der Waals surface area contributed by atoms with Crippen molar-refractivity contribution < 1.29 is 9.13 Å². The van der Waals surface area contributed by atoms with Crippen LogP contribution >= 0.6 is 11.6 Å². The Balaban J connectivity index is 1.83. The predicted molar refractivity (Wildman–Crippen MR) is 126 cm³/mol. The van der Waals surface area contributed by atoms with E-state index >= 15 is 0 Å². The predicted octanol–water partition coefficient (Wildman–Crippen LogP) is 2.73. The second-order valence-electron chi connectivity index (χ2n) is 7.29. The zero-order valence-corrected chi connectivity index (χ0v) is 18.7. The molecule has 0 aliphatic rings. The fraction of sp³-hybridized carbons (Fsp3) is 0.130. The molecule has 0 aliphatic carbocycles. The zero-order valence-electron chi connectivity index (χ0n) is 17.9. The molecule has 4 rings (SSSR count). The van der Waals surface area contributed by atoms with Crippen LogP contribution in [0.4, 0.5) is 16.0 Å². The first-order chi connectivity index (χ1) is 16.4. The van der Waals surface area contributed by atoms with Crippen molar-refractivity contribution in [1.82, 2.24) is 19.1 Å². The van der Waals surface area contributed by atoms with Crippen LogP contribution in [0.5, 0.6) is 5.75 Å². The van der Waals surface area contributed by atoms with E-state index in [2.05, 4.69) is 15.3 Å². The summed E-state index contributed by atoms with van der Waals surface area (Å²) in [4.78, 5) is 44.7. The van der Waals surface area contributed by atoms with Gasteiger partial charge in [0.15, 0.2) is 0 Å². The number of aromatic amines is 1. The molecule has 34 heavy (non-hydrogen) atoms. The smallest absolute Gasteiger partial charge is 0.355 e. The van der Waals surface area contributed by atoms with Gasteiger partial charge in [-0.3, -0.25) is 9.36 Å². The highest BCUT2D eigenvalue weighted by Crippen LogP contribution is 2.20. The average molecular weight is 484 g/mol. The van der Waals surface area contributed by atoms with Crippen molar-refractivity contribution in [2.45, 2.75) is 13.1 Å². The van der Waals surface area contributed by atoms with E-state index in [4.69, 9.17) is 16.3 Å². The van der Waals surface area contributed by atoms with Crippen molar-refractivity contribution in [1.29, 1.82) is 0 Å². The number of pyridine rings is 1. The molecule has 0 amide bonds. The highest BCUT2D eigenvalue weighted by Gasteiger charge is 2.17. The van der Waals surface area contributed by atoms with E-state index in [0.29, 0.717) is 11.4 Å². The minimum atomic E-state index is -0.868. The van der Waals surface area contributed by atoms with Crippen LogP contribution in [0, 0.1) is 5.82 Å². The minimum absolute atomic E-state index is 0.0993. The Bertz CT molecular complexity index is 1510. The van der Waals surface area contributed by atoms with Crippen LogP contribution in [-0.2, 0) is 13.1 Å². The molecular weight excluding hydrogens is 465 g/mol. The molecule has 0 fully saturated rings. The number of methoxy groups -OCH3 is 1. The number of rotatable bonds is 7. The normalized spacial score (nSPS) is 10.8. The van der Waals surface area contributed by atoms with Crippen molar-refractivity contribution >= 4 is 23.2 Å². The van der Waals surface area contributed by atoms with Gasteiger partial charge in [-0.25, -0.2) is 18.5 Å². The number of nitrogens with one attached hydrogen (secondary N) is 2. The van der Waals surface area contributed by atoms with Crippen LogP contribution in [-0.4, -0.2) is 26.2 Å². The molecule has 2 N–H and O–H groups in total. The van der Waals surface area contributed by atoms with Gasteiger partial charge in [0.05, 0.1) is 20.2 Å². The summed E-state index contributed by atoms with van der Waals surface area (Å²) in [5.74, 6) is -0.0675. The number of aromatic nitrogens is 4. The lowest BCUT2D eigenvalue weighted by atomic mass is 10.2. The summed E-state index contributed by atoms with van der Waals surface area (Å²) in [6, 6.07) is 13.7. The SMILES string of the molecule is COc1ccc(Nc2nc(=O)n(Cc3ccc[nH]c3=O)c(=O)n2Cc2cc(Cl)ccc2F)cc1. The molecule has 2 aromatic carbocycles. The van der Waals surface area contributed by atoms with Crippen LogP contribution < -0.4 is 27.0 Å². The Morgan fingerprint density at radius 2 is 1.76 bits per heavy atom. The molecule has 174 valence electrons. The summed E-state index contributed by atoms with van der Waals surface area (Å²) in [6.07, 6.45) is 1.44. The van der Waals surface area contributed by atoms with Crippen molar-refractivity contribution in [2.75, 3.05) is 12.4 Å². The van der Waals surface area contributed by atoms with E-state index in [1.165, 1.54) is 37.6 Å². The van der Waals surface area contributed by atoms with Crippen LogP contribution in [0.1, 0.15) is 11.1 Å². The van der Waals surface area contributed by atoms with Crippen molar-refractivity contribution in [2.24, 2.45) is 0 Å². The van der Waals surface area contributed by atoms with E-state index in [0.717, 1.165) is 9.13 Å². The summed E-state index contributed by atoms with van der Waals surface area (Å²) in [6.45, 7) is -0.566. The summed E-state index contributed by atoms with van der Waals surface area (Å²) in [7, 11) is 1.53. The standard InChI is InChI=1S/C23H19ClFN5O4/c1-34-18-7-5-17(6-8-18)27-21-28-22(32)30(12-14-3-2-10-26-20(14)31)23(33)29(21)13-15-11-16(24)4-9-19(15)25/h2-11H,12-13H2,1H3,(H,26,31)(H,27,28,32). The van der Waals surface area contributed by atoms with Crippen LogP contribution in [0.25, 0.3) is 0 Å². The molecule has 0 saturated carbocycles. The van der Waals surface area contributed by atoms with Gasteiger partial charge in [0.1, 0.15) is 11.6 Å². The Labute approximate surface area is 197 Å². The highest BCUT2D eigenvalue weighted by atomic mass is 35.5. The summed E-state index contributed by atoms with van der Waals surface area (Å²) in [5.41, 5.74) is -1.26. The molecule has 4 aromatic rings. The van der Waals surface area contributed by atoms with E-state index in [1.807, 2.05) is 0 Å². The minimum Gasteiger partial charge on any atom is -0.497 e. The summed E-state index contributed by atoms with van der Waals surface area (Å²) < 4.78 is 21.5. The lowest BCUT2D eigenvalue weighted by molar-refractivity contribution is 0.415. The number of hydrogen-bond acceptors (Lipinski definition) is 6. The van der Waals surface area contributed by atoms with E-state index in [9.17, 15) is 18.8 Å². The van der Waals surface area contributed by atoms with Gasteiger partial charge in [-0.05, 0) is 48.5 Å². The van der Waals surface area contributed by atoms with E-state index in [1.54, 1.807) is 30.3 Å². The largest absolute Gasteiger partial charge is 0.497 e. The molecule has 0 bridgehead atoms. The Morgan fingerprint density at radius 1 is 1.03 bits per heavy atom. The molecule has 0 aliphatic heterocycles. The lowest BCUT2D eigenvalue weighted by Gasteiger charge is -2.16. The number of H-pyrrole nitrogens is 1. The molecule has 11 heteroatoms. The second kappa shape index (κ2) is 9.75. The van der Waals surface area contributed by atoms with Gasteiger partial charge in [0, 0.05) is 28.0 Å². The highest BCUT2D eigenvalue weighted by molar-refractivity contribution is 6.30. The van der Waals surface area contributed by atoms with Gasteiger partial charge in [-0.2, -0.15) is 4.98 Å². The van der Waals surface area contributed by atoms with Gasteiger partial charge >= 0.3 is 11.4 Å². The molecule has 0 spiro atoms. The Hall–Kier alpha value is -4.18. The summed E-state index contributed by atoms with van der Waals surface area (Å²) >= 11 is 6.01. The summed E-state index contributed by atoms with van der Waals surface area (Å²) in [5, 5.41) is 3.21. The third-order valence-electron chi connectivity index (χ3n) is 5.06. The molecular formula is C23H19ClFN5O4. The second-order valence-corrected chi connectivity index (χ2v) is 7.72. The van der Waals surface area contributed by atoms with Crippen molar-refractivity contribution in [3.05, 3.63) is 114 Å². The fourth-order valence-corrected chi connectivity index (χ4v) is 3.49. The molecule has 0 saturated heterocycles. The quantitative estimate of drug-likeness (QED) is 0.418. The molecule has 2 aromatic heterocycles. The maximum absolute atomic E-state index is 14.5. The third kappa shape index (κ3) is 4.91. The lowest BCUT2D eigenvalue weighted by Crippen LogP contribution is -2.43. The molecule has 2 heterocycles. The van der Waals surface area contributed by atoms with Gasteiger partial charge < -0.3 is 15.0 Å². The molecule has 0 atom stereocenters. The first kappa shape index (κ1) is 23.0. The first-order valence-corrected chi connectivity index (χ1v) is 10.5. The van der Waals surface area contributed by atoms with Crippen molar-refractivity contribution in [3.8, 4) is 5.75 Å². The molecule has 0 unspecified atom stereocenters. The topological polar surface area (TPSA) is 111 Å². The monoisotopic (exact) mass is 483 g/mol. The number of hydrogen-bond donors (Lipinski definition) is 2. The number of anilines is 2. The van der Waals surface area contributed by atoms with Crippen LogP contribution in [0.15, 0.2) is 75.2 Å².